The highest BCUT2D eigenvalue weighted by Crippen LogP contribution is 2.29. The second-order valence-electron chi connectivity index (χ2n) is 3.07. The summed E-state index contributed by atoms with van der Waals surface area (Å²) in [7, 11) is 2.12. The quantitative estimate of drug-likeness (QED) is 0.587. The van der Waals surface area contributed by atoms with Crippen LogP contribution < -0.4 is 4.90 Å². The molecule has 1 aromatic heterocycles. The smallest absolute Gasteiger partial charge is 0.145 e. The molecular formula is C8H12N2S. The fourth-order valence-electron chi connectivity index (χ4n) is 1.57. The molecule has 0 radical (unpaired) electrons. The van der Waals surface area contributed by atoms with E-state index in [2.05, 4.69) is 23.2 Å². The summed E-state index contributed by atoms with van der Waals surface area (Å²) in [6.07, 6.45) is 2.50. The van der Waals surface area contributed by atoms with E-state index in [0.717, 1.165) is 6.54 Å². The van der Waals surface area contributed by atoms with Crippen molar-refractivity contribution in [2.24, 2.45) is 0 Å². The molecule has 0 spiro atoms. The number of aromatic nitrogens is 1. The Balaban J connectivity index is 2.46. The highest BCUT2D eigenvalue weighted by atomic mass is 32.1. The lowest BCUT2D eigenvalue weighted by atomic mass is 10.1. The van der Waals surface area contributed by atoms with E-state index >= 15 is 0 Å². The van der Waals surface area contributed by atoms with Crippen molar-refractivity contribution in [3.8, 4) is 0 Å². The summed E-state index contributed by atoms with van der Waals surface area (Å²) in [5, 5.41) is 0. The van der Waals surface area contributed by atoms with Crippen LogP contribution >= 0.6 is 11.5 Å². The minimum Gasteiger partial charge on any atom is -0.359 e. The molecule has 0 aromatic carbocycles. The van der Waals surface area contributed by atoms with Crippen LogP contribution in [0.1, 0.15) is 16.9 Å². The molecule has 2 heterocycles. The highest BCUT2D eigenvalue weighted by molar-refractivity contribution is 7.06. The maximum atomic E-state index is 4.40. The minimum absolute atomic E-state index is 1.16. The number of rotatable bonds is 0. The zero-order valence-electron chi connectivity index (χ0n) is 6.92. The second-order valence-corrected chi connectivity index (χ2v) is 4.04. The summed E-state index contributed by atoms with van der Waals surface area (Å²) in [6.45, 7) is 3.33. The van der Waals surface area contributed by atoms with Gasteiger partial charge in [-0.05, 0) is 31.3 Å². The van der Waals surface area contributed by atoms with Gasteiger partial charge in [0, 0.05) is 24.0 Å². The lowest BCUT2D eigenvalue weighted by Crippen LogP contribution is -2.24. The van der Waals surface area contributed by atoms with Crippen molar-refractivity contribution in [2.75, 3.05) is 18.5 Å². The molecule has 0 atom stereocenters. The molecule has 0 fully saturated rings. The molecule has 0 bridgehead atoms. The van der Waals surface area contributed by atoms with Crippen LogP contribution in [0.4, 0.5) is 5.82 Å². The van der Waals surface area contributed by atoms with Crippen LogP contribution in [0, 0.1) is 6.92 Å². The Hall–Kier alpha value is -0.570. The van der Waals surface area contributed by atoms with Crippen LogP contribution in [0.25, 0.3) is 0 Å². The zero-order valence-corrected chi connectivity index (χ0v) is 7.74. The first kappa shape index (κ1) is 7.10. The van der Waals surface area contributed by atoms with Crippen molar-refractivity contribution >= 4 is 17.4 Å². The third kappa shape index (κ3) is 1.03. The summed E-state index contributed by atoms with van der Waals surface area (Å²) >= 11 is 1.63. The van der Waals surface area contributed by atoms with Gasteiger partial charge in [-0.15, -0.1) is 0 Å². The molecule has 0 N–H and O–H groups in total. The highest BCUT2D eigenvalue weighted by Gasteiger charge is 2.18. The average Bonchev–Trinajstić information content (AvgIpc) is 2.35. The number of nitrogens with zero attached hydrogens (tertiary/aromatic N) is 2. The maximum Gasteiger partial charge on any atom is 0.145 e. The van der Waals surface area contributed by atoms with Gasteiger partial charge in [0.15, 0.2) is 0 Å². The number of hydrogen-bond donors (Lipinski definition) is 0. The van der Waals surface area contributed by atoms with Crippen molar-refractivity contribution in [3.05, 3.63) is 10.4 Å². The van der Waals surface area contributed by atoms with Gasteiger partial charge in [0.1, 0.15) is 5.82 Å². The van der Waals surface area contributed by atoms with Gasteiger partial charge in [0.25, 0.3) is 0 Å². The van der Waals surface area contributed by atoms with Crippen LogP contribution in [0.15, 0.2) is 0 Å². The molecule has 2 nitrogen and oxygen atoms in total. The molecule has 60 valence electrons. The standard InChI is InChI=1S/C8H12N2S/c1-6-7-4-3-5-10(2)8(7)9-11-6/h3-5H2,1-2H3. The fourth-order valence-corrected chi connectivity index (χ4v) is 2.34. The normalized spacial score (nSPS) is 16.7. The van der Waals surface area contributed by atoms with Crippen LogP contribution in [-0.4, -0.2) is 18.0 Å². The second kappa shape index (κ2) is 2.48. The SMILES string of the molecule is Cc1snc2c1CCCN2C. The van der Waals surface area contributed by atoms with E-state index < -0.39 is 0 Å². The third-order valence-electron chi connectivity index (χ3n) is 2.25. The van der Waals surface area contributed by atoms with Gasteiger partial charge in [0.2, 0.25) is 0 Å². The van der Waals surface area contributed by atoms with E-state index in [1.807, 2.05) is 0 Å². The molecule has 11 heavy (non-hydrogen) atoms. The van der Waals surface area contributed by atoms with Gasteiger partial charge in [0.05, 0.1) is 0 Å². The molecule has 3 heteroatoms. The average molecular weight is 168 g/mol. The van der Waals surface area contributed by atoms with Gasteiger partial charge in [-0.25, -0.2) is 0 Å². The van der Waals surface area contributed by atoms with Crippen molar-refractivity contribution in [3.63, 3.8) is 0 Å². The molecule has 0 aliphatic carbocycles. The van der Waals surface area contributed by atoms with Crippen LogP contribution in [-0.2, 0) is 6.42 Å². The van der Waals surface area contributed by atoms with Gasteiger partial charge < -0.3 is 4.90 Å². The molecule has 0 amide bonds. The van der Waals surface area contributed by atoms with Gasteiger partial charge in [-0.3, -0.25) is 0 Å². The summed E-state index contributed by atoms with van der Waals surface area (Å²) < 4.78 is 4.40. The maximum absolute atomic E-state index is 4.40. The van der Waals surface area contributed by atoms with Crippen molar-refractivity contribution < 1.29 is 0 Å². The van der Waals surface area contributed by atoms with Crippen molar-refractivity contribution in [2.45, 2.75) is 19.8 Å². The molecular weight excluding hydrogens is 156 g/mol. The van der Waals surface area contributed by atoms with E-state index in [9.17, 15) is 0 Å². The Labute approximate surface area is 71.0 Å². The first-order valence-corrected chi connectivity index (χ1v) is 4.72. The molecule has 1 aliphatic rings. The monoisotopic (exact) mass is 168 g/mol. The van der Waals surface area contributed by atoms with Gasteiger partial charge in [-0.2, -0.15) is 4.37 Å². The van der Waals surface area contributed by atoms with Crippen LogP contribution in [0.5, 0.6) is 0 Å². The predicted octanol–water partition coefficient (Wildman–Crippen LogP) is 1.83. The largest absolute Gasteiger partial charge is 0.359 e. The first-order valence-electron chi connectivity index (χ1n) is 3.95. The van der Waals surface area contributed by atoms with Gasteiger partial charge >= 0.3 is 0 Å². The fraction of sp³-hybridized carbons (Fsp3) is 0.625. The van der Waals surface area contributed by atoms with Gasteiger partial charge in [-0.1, -0.05) is 0 Å². The molecule has 1 aromatic rings. The van der Waals surface area contributed by atoms with E-state index in [1.54, 1.807) is 11.5 Å². The van der Waals surface area contributed by atoms with Crippen LogP contribution in [0.3, 0.4) is 0 Å². The Morgan fingerprint density at radius 2 is 2.36 bits per heavy atom. The molecule has 0 saturated carbocycles. The summed E-state index contributed by atoms with van der Waals surface area (Å²) in [4.78, 5) is 3.65. The molecule has 0 saturated heterocycles. The topological polar surface area (TPSA) is 16.1 Å². The lowest BCUT2D eigenvalue weighted by molar-refractivity contribution is 0.737. The summed E-state index contributed by atoms with van der Waals surface area (Å²) in [5.41, 5.74) is 1.48. The number of hydrogen-bond acceptors (Lipinski definition) is 3. The Bertz CT molecular complexity index is 267. The number of fused-ring (bicyclic) bond motifs is 1. The summed E-state index contributed by atoms with van der Waals surface area (Å²) in [6, 6.07) is 0. The Morgan fingerprint density at radius 3 is 3.09 bits per heavy atom. The number of anilines is 1. The minimum atomic E-state index is 1.16. The molecule has 0 unspecified atom stereocenters. The van der Waals surface area contributed by atoms with Crippen molar-refractivity contribution in [1.82, 2.24) is 4.37 Å². The zero-order chi connectivity index (χ0) is 7.84. The van der Waals surface area contributed by atoms with Crippen molar-refractivity contribution in [1.29, 1.82) is 0 Å². The predicted molar refractivity (Wildman–Crippen MR) is 48.4 cm³/mol. The van der Waals surface area contributed by atoms with E-state index in [-0.39, 0.29) is 0 Å². The summed E-state index contributed by atoms with van der Waals surface area (Å²) in [5.74, 6) is 1.22. The van der Waals surface area contributed by atoms with E-state index in [1.165, 1.54) is 29.1 Å². The third-order valence-corrected chi connectivity index (χ3v) is 3.03. The molecule has 1 aliphatic heterocycles. The van der Waals surface area contributed by atoms with Crippen LogP contribution in [0.2, 0.25) is 0 Å². The Morgan fingerprint density at radius 1 is 1.55 bits per heavy atom. The van der Waals surface area contributed by atoms with E-state index in [4.69, 9.17) is 0 Å². The lowest BCUT2D eigenvalue weighted by Gasteiger charge is -2.22. The van der Waals surface area contributed by atoms with E-state index in [0.29, 0.717) is 0 Å². The first-order chi connectivity index (χ1) is 5.29. The Kier molecular flexibility index (Phi) is 1.60. The number of aryl methyl sites for hydroxylation is 1. The molecule has 2 rings (SSSR count).